The van der Waals surface area contributed by atoms with E-state index in [0.29, 0.717) is 28.7 Å². The summed E-state index contributed by atoms with van der Waals surface area (Å²) < 4.78 is 25.5. The highest BCUT2D eigenvalue weighted by Gasteiger charge is 2.29. The first-order valence-corrected chi connectivity index (χ1v) is 11.1. The van der Waals surface area contributed by atoms with Crippen molar-refractivity contribution >= 4 is 44.8 Å². The fourth-order valence-corrected chi connectivity index (χ4v) is 4.34. The Kier molecular flexibility index (Phi) is 7.53. The van der Waals surface area contributed by atoms with Crippen molar-refractivity contribution < 1.29 is 13.2 Å². The van der Waals surface area contributed by atoms with E-state index in [1.807, 2.05) is 24.3 Å². The Labute approximate surface area is 170 Å². The average Bonchev–Trinajstić information content (AvgIpc) is 2.59. The summed E-state index contributed by atoms with van der Waals surface area (Å²) in [5.41, 5.74) is 1.36. The zero-order chi connectivity index (χ0) is 20.0. The minimum absolute atomic E-state index is 0.351. The minimum atomic E-state index is -3.66. The molecule has 0 aliphatic rings. The second-order valence-corrected chi connectivity index (χ2v) is 8.90. The van der Waals surface area contributed by atoms with Gasteiger partial charge in [0.1, 0.15) is 6.04 Å². The number of carbonyl (C=O) groups excluding carboxylic acids is 1. The number of anilines is 1. The largest absolute Gasteiger partial charge is 0.354 e. The minimum Gasteiger partial charge on any atom is -0.354 e. The molecule has 5 nitrogen and oxygen atoms in total. The molecule has 0 saturated carbocycles. The summed E-state index contributed by atoms with van der Waals surface area (Å²) in [6.45, 7) is 1.97. The van der Waals surface area contributed by atoms with E-state index in [1.165, 1.54) is 6.07 Å². The second-order valence-electron chi connectivity index (χ2n) is 6.20. The summed E-state index contributed by atoms with van der Waals surface area (Å²) in [6, 6.07) is 13.1. The van der Waals surface area contributed by atoms with Gasteiger partial charge in [0, 0.05) is 16.6 Å². The number of hydrogen-bond acceptors (Lipinski definition) is 3. The van der Waals surface area contributed by atoms with Gasteiger partial charge in [0.2, 0.25) is 15.9 Å². The first-order valence-electron chi connectivity index (χ1n) is 8.46. The van der Waals surface area contributed by atoms with Gasteiger partial charge in [-0.2, -0.15) is 0 Å². The SMILES string of the molecule is C[C@@H](C(=O)NCCCc1ccccc1Cl)N(c1cccc(Cl)c1)S(C)(=O)=O. The van der Waals surface area contributed by atoms with Crippen molar-refractivity contribution in [2.45, 2.75) is 25.8 Å². The number of aryl methyl sites for hydroxylation is 1. The van der Waals surface area contributed by atoms with Crippen LogP contribution in [0.2, 0.25) is 10.0 Å². The maximum Gasteiger partial charge on any atom is 0.243 e. The van der Waals surface area contributed by atoms with Crippen molar-refractivity contribution in [3.05, 3.63) is 64.1 Å². The van der Waals surface area contributed by atoms with Gasteiger partial charge in [-0.25, -0.2) is 8.42 Å². The lowest BCUT2D eigenvalue weighted by atomic mass is 10.1. The zero-order valence-electron chi connectivity index (χ0n) is 15.2. The number of halogens is 2. The van der Waals surface area contributed by atoms with Gasteiger partial charge < -0.3 is 5.32 Å². The highest BCUT2D eigenvalue weighted by Crippen LogP contribution is 2.24. The van der Waals surface area contributed by atoms with Crippen molar-refractivity contribution in [2.24, 2.45) is 0 Å². The number of amides is 1. The van der Waals surface area contributed by atoms with Gasteiger partial charge in [-0.15, -0.1) is 0 Å². The first-order chi connectivity index (χ1) is 12.7. The molecule has 1 N–H and O–H groups in total. The molecule has 2 aromatic rings. The molecule has 0 unspecified atom stereocenters. The Morgan fingerprint density at radius 2 is 1.85 bits per heavy atom. The lowest BCUT2D eigenvalue weighted by molar-refractivity contribution is -0.121. The summed E-state index contributed by atoms with van der Waals surface area (Å²) in [7, 11) is -3.66. The number of nitrogens with one attached hydrogen (secondary N) is 1. The third-order valence-corrected chi connectivity index (χ3v) is 5.88. The Morgan fingerprint density at radius 1 is 1.15 bits per heavy atom. The van der Waals surface area contributed by atoms with Crippen LogP contribution in [-0.2, 0) is 21.2 Å². The Bertz CT molecular complexity index is 903. The molecule has 0 bridgehead atoms. The van der Waals surface area contributed by atoms with Crippen LogP contribution < -0.4 is 9.62 Å². The lowest BCUT2D eigenvalue weighted by Crippen LogP contribution is -2.48. The van der Waals surface area contributed by atoms with Crippen molar-refractivity contribution in [2.75, 3.05) is 17.1 Å². The number of hydrogen-bond donors (Lipinski definition) is 1. The standard InChI is InChI=1S/C19H22Cl2N2O3S/c1-14(23(27(2,25)26)17-10-5-9-16(20)13-17)19(24)22-12-6-8-15-7-3-4-11-18(15)21/h3-5,7,9-11,13-14H,6,8,12H2,1-2H3,(H,22,24)/t14-/m0/s1. The summed E-state index contributed by atoms with van der Waals surface area (Å²) in [5.74, 6) is -0.375. The third-order valence-electron chi connectivity index (χ3n) is 4.03. The van der Waals surface area contributed by atoms with Gasteiger partial charge in [0.25, 0.3) is 0 Å². The fourth-order valence-electron chi connectivity index (χ4n) is 2.76. The van der Waals surface area contributed by atoms with Crippen LogP contribution in [0.3, 0.4) is 0 Å². The molecule has 1 atom stereocenters. The molecule has 0 aliphatic carbocycles. The molecule has 2 rings (SSSR count). The predicted octanol–water partition coefficient (Wildman–Crippen LogP) is 3.90. The molecule has 0 radical (unpaired) electrons. The van der Waals surface area contributed by atoms with E-state index >= 15 is 0 Å². The summed E-state index contributed by atoms with van der Waals surface area (Å²) in [4.78, 5) is 12.5. The summed E-state index contributed by atoms with van der Waals surface area (Å²) in [5, 5.41) is 3.88. The molecular formula is C19H22Cl2N2O3S. The number of carbonyl (C=O) groups is 1. The van der Waals surface area contributed by atoms with Gasteiger partial charge in [0.05, 0.1) is 11.9 Å². The topological polar surface area (TPSA) is 66.5 Å². The van der Waals surface area contributed by atoms with Crippen LogP contribution in [0.25, 0.3) is 0 Å². The number of benzene rings is 2. The first kappa shape index (κ1) is 21.5. The molecule has 146 valence electrons. The molecule has 8 heteroatoms. The van der Waals surface area contributed by atoms with Crippen molar-refractivity contribution in [1.29, 1.82) is 0 Å². The molecule has 2 aromatic carbocycles. The maximum atomic E-state index is 12.5. The van der Waals surface area contributed by atoms with Crippen molar-refractivity contribution in [3.63, 3.8) is 0 Å². The fraction of sp³-hybridized carbons (Fsp3) is 0.316. The maximum absolute atomic E-state index is 12.5. The van der Waals surface area contributed by atoms with Crippen LogP contribution in [0.1, 0.15) is 18.9 Å². The van der Waals surface area contributed by atoms with Crippen LogP contribution in [0.5, 0.6) is 0 Å². The van der Waals surface area contributed by atoms with E-state index in [-0.39, 0.29) is 5.91 Å². The van der Waals surface area contributed by atoms with E-state index in [9.17, 15) is 13.2 Å². The smallest absolute Gasteiger partial charge is 0.243 e. The molecule has 0 aromatic heterocycles. The summed E-state index contributed by atoms with van der Waals surface area (Å²) >= 11 is 12.1. The average molecular weight is 429 g/mol. The van der Waals surface area contributed by atoms with E-state index in [2.05, 4.69) is 5.32 Å². The molecule has 27 heavy (non-hydrogen) atoms. The normalized spacial score (nSPS) is 12.4. The van der Waals surface area contributed by atoms with Crippen LogP contribution >= 0.6 is 23.2 Å². The van der Waals surface area contributed by atoms with Gasteiger partial charge in [-0.3, -0.25) is 9.10 Å². The van der Waals surface area contributed by atoms with Crippen molar-refractivity contribution in [3.8, 4) is 0 Å². The Balaban J connectivity index is 2.00. The molecule has 0 heterocycles. The summed E-state index contributed by atoms with van der Waals surface area (Å²) in [6.07, 6.45) is 2.48. The highest BCUT2D eigenvalue weighted by molar-refractivity contribution is 7.92. The van der Waals surface area contributed by atoms with E-state index < -0.39 is 16.1 Å². The lowest BCUT2D eigenvalue weighted by Gasteiger charge is -2.28. The molecular weight excluding hydrogens is 407 g/mol. The number of rotatable bonds is 8. The van der Waals surface area contributed by atoms with Crippen LogP contribution in [-0.4, -0.2) is 33.2 Å². The number of nitrogens with zero attached hydrogens (tertiary/aromatic N) is 1. The second kappa shape index (κ2) is 9.44. The van der Waals surface area contributed by atoms with E-state index in [0.717, 1.165) is 22.5 Å². The van der Waals surface area contributed by atoms with Crippen LogP contribution in [0.15, 0.2) is 48.5 Å². The Hall–Kier alpha value is -1.76. The molecule has 0 spiro atoms. The van der Waals surface area contributed by atoms with Gasteiger partial charge >= 0.3 is 0 Å². The van der Waals surface area contributed by atoms with Gasteiger partial charge in [-0.1, -0.05) is 47.5 Å². The van der Waals surface area contributed by atoms with E-state index in [1.54, 1.807) is 25.1 Å². The zero-order valence-corrected chi connectivity index (χ0v) is 17.5. The van der Waals surface area contributed by atoms with Crippen molar-refractivity contribution in [1.82, 2.24) is 5.32 Å². The molecule has 0 aliphatic heterocycles. The van der Waals surface area contributed by atoms with Gasteiger partial charge in [0.15, 0.2) is 0 Å². The molecule has 0 fully saturated rings. The third kappa shape index (κ3) is 6.13. The highest BCUT2D eigenvalue weighted by atomic mass is 35.5. The number of sulfonamides is 1. The molecule has 0 saturated heterocycles. The van der Waals surface area contributed by atoms with E-state index in [4.69, 9.17) is 23.2 Å². The quantitative estimate of drug-likeness (QED) is 0.648. The predicted molar refractivity (Wildman–Crippen MR) is 111 cm³/mol. The van der Waals surface area contributed by atoms with Gasteiger partial charge in [-0.05, 0) is 49.6 Å². The van der Waals surface area contributed by atoms with Crippen LogP contribution in [0, 0.1) is 0 Å². The Morgan fingerprint density at radius 3 is 2.48 bits per heavy atom. The monoisotopic (exact) mass is 428 g/mol. The van der Waals surface area contributed by atoms with Crippen LogP contribution in [0.4, 0.5) is 5.69 Å². The molecule has 1 amide bonds.